The lowest BCUT2D eigenvalue weighted by Crippen LogP contribution is -2.27. The van der Waals surface area contributed by atoms with Crippen LogP contribution in [-0.2, 0) is 14.6 Å². The Morgan fingerprint density at radius 3 is 2.17 bits per heavy atom. The Kier molecular flexibility index (Phi) is 4.15. The fourth-order valence-electron chi connectivity index (χ4n) is 3.27. The molecule has 24 heavy (non-hydrogen) atoms. The van der Waals surface area contributed by atoms with Crippen LogP contribution in [0.2, 0.25) is 5.02 Å². The SMILES string of the molecule is O=C(O)[C@@]1(CO)[C@H](c2ccc(Cl)cc2)[C@@H]1S(=O)(=O)c1ccccc1. The van der Waals surface area contributed by atoms with Crippen LogP contribution in [0.25, 0.3) is 0 Å². The first-order chi connectivity index (χ1) is 11.4. The first kappa shape index (κ1) is 17.0. The number of hydrogen-bond donors (Lipinski definition) is 2. The molecule has 0 aliphatic heterocycles. The fourth-order valence-corrected chi connectivity index (χ4v) is 5.78. The number of rotatable bonds is 5. The van der Waals surface area contributed by atoms with E-state index in [0.717, 1.165) is 0 Å². The van der Waals surface area contributed by atoms with E-state index in [1.54, 1.807) is 42.5 Å². The zero-order chi connectivity index (χ0) is 17.5. The van der Waals surface area contributed by atoms with Crippen LogP contribution in [0.5, 0.6) is 0 Å². The quantitative estimate of drug-likeness (QED) is 0.847. The highest BCUT2D eigenvalue weighted by Crippen LogP contribution is 2.64. The molecule has 3 rings (SSSR count). The van der Waals surface area contributed by atoms with E-state index in [2.05, 4.69) is 0 Å². The summed E-state index contributed by atoms with van der Waals surface area (Å²) in [4.78, 5) is 11.8. The Morgan fingerprint density at radius 1 is 1.08 bits per heavy atom. The third-order valence-corrected chi connectivity index (χ3v) is 7.09. The van der Waals surface area contributed by atoms with Crippen molar-refractivity contribution in [3.8, 4) is 0 Å². The summed E-state index contributed by atoms with van der Waals surface area (Å²) in [6.45, 7) is -0.758. The molecule has 0 aromatic heterocycles. The number of hydrogen-bond acceptors (Lipinski definition) is 4. The summed E-state index contributed by atoms with van der Waals surface area (Å²) in [5, 5.41) is 18.6. The number of carboxylic acid groups (broad SMARTS) is 1. The van der Waals surface area contributed by atoms with Crippen LogP contribution in [0.1, 0.15) is 11.5 Å². The summed E-state index contributed by atoms with van der Waals surface area (Å²) >= 11 is 5.84. The Morgan fingerprint density at radius 2 is 1.67 bits per heavy atom. The number of benzene rings is 2. The van der Waals surface area contributed by atoms with Crippen molar-refractivity contribution in [2.75, 3.05) is 6.61 Å². The molecule has 1 aliphatic rings. The minimum Gasteiger partial charge on any atom is -0.481 e. The molecule has 0 radical (unpaired) electrons. The molecule has 7 heteroatoms. The van der Waals surface area contributed by atoms with E-state index in [4.69, 9.17) is 11.6 Å². The molecule has 126 valence electrons. The fraction of sp³-hybridized carbons (Fsp3) is 0.235. The molecule has 0 saturated heterocycles. The summed E-state index contributed by atoms with van der Waals surface area (Å²) in [7, 11) is -3.91. The first-order valence-electron chi connectivity index (χ1n) is 7.24. The number of carbonyl (C=O) groups is 1. The topological polar surface area (TPSA) is 91.7 Å². The van der Waals surface area contributed by atoms with Crippen molar-refractivity contribution in [3.05, 3.63) is 65.2 Å². The van der Waals surface area contributed by atoms with Crippen LogP contribution in [0.4, 0.5) is 0 Å². The van der Waals surface area contributed by atoms with Crippen LogP contribution in [0.3, 0.4) is 0 Å². The van der Waals surface area contributed by atoms with Gasteiger partial charge < -0.3 is 10.2 Å². The molecular formula is C17H15ClO5S. The van der Waals surface area contributed by atoms with E-state index in [1.165, 1.54) is 12.1 Å². The van der Waals surface area contributed by atoms with Crippen molar-refractivity contribution < 1.29 is 23.4 Å². The molecule has 5 nitrogen and oxygen atoms in total. The van der Waals surface area contributed by atoms with Gasteiger partial charge in [0.25, 0.3) is 0 Å². The van der Waals surface area contributed by atoms with Crippen molar-refractivity contribution in [2.24, 2.45) is 5.41 Å². The first-order valence-corrected chi connectivity index (χ1v) is 9.17. The van der Waals surface area contributed by atoms with E-state index >= 15 is 0 Å². The normalized spacial score (nSPS) is 26.1. The number of carboxylic acids is 1. The molecule has 2 aromatic rings. The second-order valence-corrected chi connectivity index (χ2v) is 8.32. The van der Waals surface area contributed by atoms with Crippen LogP contribution in [-0.4, -0.2) is 36.5 Å². The Balaban J connectivity index is 2.11. The summed E-state index contributed by atoms with van der Waals surface area (Å²) in [5.74, 6) is -2.16. The second-order valence-electron chi connectivity index (χ2n) is 5.81. The third kappa shape index (κ3) is 2.42. The van der Waals surface area contributed by atoms with Crippen LogP contribution in [0.15, 0.2) is 59.5 Å². The number of sulfone groups is 1. The van der Waals surface area contributed by atoms with Crippen LogP contribution >= 0.6 is 11.6 Å². The zero-order valence-corrected chi connectivity index (χ0v) is 14.0. The molecule has 0 bridgehead atoms. The average Bonchev–Trinajstić information content (AvgIpc) is 3.28. The lowest BCUT2D eigenvalue weighted by atomic mass is 10.0. The summed E-state index contributed by atoms with van der Waals surface area (Å²) in [5.41, 5.74) is -1.22. The maximum atomic E-state index is 12.9. The highest BCUT2D eigenvalue weighted by Gasteiger charge is 2.75. The van der Waals surface area contributed by atoms with E-state index in [9.17, 15) is 23.4 Å². The molecule has 1 aliphatic carbocycles. The molecule has 3 atom stereocenters. The van der Waals surface area contributed by atoms with Crippen molar-refractivity contribution in [1.29, 1.82) is 0 Å². The Labute approximate surface area is 144 Å². The second kappa shape index (κ2) is 5.88. The highest BCUT2D eigenvalue weighted by molar-refractivity contribution is 7.92. The van der Waals surface area contributed by atoms with Gasteiger partial charge in [0, 0.05) is 10.9 Å². The van der Waals surface area contributed by atoms with Gasteiger partial charge in [0.1, 0.15) is 5.41 Å². The van der Waals surface area contributed by atoms with Crippen molar-refractivity contribution in [2.45, 2.75) is 16.1 Å². The standard InChI is InChI=1S/C17H15ClO5S/c18-12-8-6-11(7-9-12)14-15(17(14,10-19)16(20)21)24(22,23)13-4-2-1-3-5-13/h1-9,14-15,19H,10H2,(H,20,21)/t14-,15+,17+/m1/s1. The highest BCUT2D eigenvalue weighted by atomic mass is 35.5. The van der Waals surface area contributed by atoms with Gasteiger partial charge in [0.15, 0.2) is 9.84 Å². The van der Waals surface area contributed by atoms with Gasteiger partial charge >= 0.3 is 5.97 Å². The van der Waals surface area contributed by atoms with Gasteiger partial charge in [-0.15, -0.1) is 0 Å². The minimum absolute atomic E-state index is 0.0468. The molecule has 0 spiro atoms. The van der Waals surface area contributed by atoms with E-state index in [-0.39, 0.29) is 4.90 Å². The molecular weight excluding hydrogens is 352 g/mol. The molecule has 2 aromatic carbocycles. The van der Waals surface area contributed by atoms with Gasteiger partial charge in [-0.3, -0.25) is 4.79 Å². The molecule has 0 amide bonds. The van der Waals surface area contributed by atoms with Crippen LogP contribution in [0, 0.1) is 5.41 Å². The number of halogens is 1. The third-order valence-electron chi connectivity index (χ3n) is 4.55. The zero-order valence-electron chi connectivity index (χ0n) is 12.5. The smallest absolute Gasteiger partial charge is 0.314 e. The van der Waals surface area contributed by atoms with Gasteiger partial charge in [-0.05, 0) is 29.8 Å². The predicted molar refractivity (Wildman–Crippen MR) is 88.8 cm³/mol. The molecule has 0 heterocycles. The molecule has 1 saturated carbocycles. The Bertz CT molecular complexity index is 864. The van der Waals surface area contributed by atoms with Crippen molar-refractivity contribution in [3.63, 3.8) is 0 Å². The van der Waals surface area contributed by atoms with Crippen molar-refractivity contribution in [1.82, 2.24) is 0 Å². The van der Waals surface area contributed by atoms with Gasteiger partial charge in [0.05, 0.1) is 16.8 Å². The maximum absolute atomic E-state index is 12.9. The summed E-state index contributed by atoms with van der Waals surface area (Å²) in [6.07, 6.45) is 0. The summed E-state index contributed by atoms with van der Waals surface area (Å²) in [6, 6.07) is 14.0. The maximum Gasteiger partial charge on any atom is 0.314 e. The Hall–Kier alpha value is -1.89. The van der Waals surface area contributed by atoms with Crippen molar-refractivity contribution >= 4 is 27.4 Å². The molecule has 0 unspecified atom stereocenters. The summed E-state index contributed by atoms with van der Waals surface area (Å²) < 4.78 is 25.8. The lowest BCUT2D eigenvalue weighted by molar-refractivity contribution is -0.145. The van der Waals surface area contributed by atoms with Gasteiger partial charge in [-0.1, -0.05) is 41.9 Å². The van der Waals surface area contributed by atoms with Gasteiger partial charge in [0.2, 0.25) is 0 Å². The lowest BCUT2D eigenvalue weighted by Gasteiger charge is -2.09. The number of aliphatic hydroxyl groups excluding tert-OH is 1. The number of aliphatic hydroxyl groups is 1. The van der Waals surface area contributed by atoms with E-state index < -0.39 is 39.0 Å². The predicted octanol–water partition coefficient (Wildman–Crippen LogP) is 2.34. The van der Waals surface area contributed by atoms with E-state index in [1.807, 2.05) is 0 Å². The molecule has 1 fully saturated rings. The number of aliphatic carboxylic acids is 1. The van der Waals surface area contributed by atoms with E-state index in [0.29, 0.717) is 10.6 Å². The average molecular weight is 367 g/mol. The van der Waals surface area contributed by atoms with Gasteiger partial charge in [-0.2, -0.15) is 0 Å². The largest absolute Gasteiger partial charge is 0.481 e. The monoisotopic (exact) mass is 366 g/mol. The minimum atomic E-state index is -3.91. The van der Waals surface area contributed by atoms with Crippen LogP contribution < -0.4 is 0 Å². The van der Waals surface area contributed by atoms with Gasteiger partial charge in [-0.25, -0.2) is 8.42 Å². The molecule has 2 N–H and O–H groups in total.